The third-order valence-electron chi connectivity index (χ3n) is 3.08. The molecule has 0 saturated heterocycles. The molecule has 1 fully saturated rings. The van der Waals surface area contributed by atoms with Crippen LogP contribution < -0.4 is 14.8 Å². The van der Waals surface area contributed by atoms with Crippen molar-refractivity contribution in [3.63, 3.8) is 0 Å². The molecule has 1 amide bonds. The third kappa shape index (κ3) is 3.95. The standard InChI is InChI=1S/C14H20N2O4S/c1-9(2)16-21(18,19)11-6-7-13(20-3)12(8-11)15-14(17)10-4-5-10/h6-10,16H,4-5H2,1-3H3,(H,15,17). The van der Waals surface area contributed by atoms with Gasteiger partial charge in [0, 0.05) is 12.0 Å². The lowest BCUT2D eigenvalue weighted by Crippen LogP contribution is -2.30. The zero-order valence-electron chi connectivity index (χ0n) is 12.3. The first kappa shape index (κ1) is 15.8. The number of anilines is 1. The predicted octanol–water partition coefficient (Wildman–Crippen LogP) is 1.73. The number of rotatable bonds is 6. The Balaban J connectivity index is 2.30. The van der Waals surface area contributed by atoms with Gasteiger partial charge in [-0.2, -0.15) is 0 Å². The van der Waals surface area contributed by atoms with Crippen molar-refractivity contribution in [2.75, 3.05) is 12.4 Å². The van der Waals surface area contributed by atoms with Gasteiger partial charge in [0.25, 0.3) is 0 Å². The molecule has 0 heterocycles. The monoisotopic (exact) mass is 312 g/mol. The van der Waals surface area contributed by atoms with E-state index < -0.39 is 10.0 Å². The molecule has 7 heteroatoms. The van der Waals surface area contributed by atoms with Crippen LogP contribution in [0.2, 0.25) is 0 Å². The minimum Gasteiger partial charge on any atom is -0.495 e. The molecule has 116 valence electrons. The van der Waals surface area contributed by atoms with Crippen LogP contribution in [0, 0.1) is 5.92 Å². The Kier molecular flexibility index (Phi) is 4.53. The molecule has 21 heavy (non-hydrogen) atoms. The summed E-state index contributed by atoms with van der Waals surface area (Å²) in [6.07, 6.45) is 1.75. The van der Waals surface area contributed by atoms with E-state index in [9.17, 15) is 13.2 Å². The highest BCUT2D eigenvalue weighted by molar-refractivity contribution is 7.89. The molecule has 0 radical (unpaired) electrons. The fraction of sp³-hybridized carbons (Fsp3) is 0.500. The van der Waals surface area contributed by atoms with Gasteiger partial charge >= 0.3 is 0 Å². The normalized spacial score (nSPS) is 15.0. The summed E-state index contributed by atoms with van der Waals surface area (Å²) >= 11 is 0. The van der Waals surface area contributed by atoms with Crippen LogP contribution in [-0.4, -0.2) is 27.5 Å². The molecule has 1 aliphatic carbocycles. The van der Waals surface area contributed by atoms with Crippen LogP contribution in [0.4, 0.5) is 5.69 Å². The number of hydrogen-bond donors (Lipinski definition) is 2. The number of carbonyl (C=O) groups excluding carboxylic acids is 1. The van der Waals surface area contributed by atoms with Gasteiger partial charge in [-0.3, -0.25) is 4.79 Å². The first-order valence-corrected chi connectivity index (χ1v) is 8.33. The Bertz CT molecular complexity index is 636. The number of sulfonamides is 1. The number of carbonyl (C=O) groups is 1. The molecule has 0 bridgehead atoms. The van der Waals surface area contributed by atoms with E-state index in [0.29, 0.717) is 11.4 Å². The molecular formula is C14H20N2O4S. The lowest BCUT2D eigenvalue weighted by molar-refractivity contribution is -0.117. The van der Waals surface area contributed by atoms with Crippen LogP contribution in [0.25, 0.3) is 0 Å². The predicted molar refractivity (Wildman–Crippen MR) is 79.8 cm³/mol. The molecule has 1 aliphatic rings. The van der Waals surface area contributed by atoms with Crippen molar-refractivity contribution in [2.24, 2.45) is 5.92 Å². The van der Waals surface area contributed by atoms with Gasteiger partial charge in [0.1, 0.15) is 5.75 Å². The van der Waals surface area contributed by atoms with Gasteiger partial charge in [-0.15, -0.1) is 0 Å². The van der Waals surface area contributed by atoms with E-state index in [1.165, 1.54) is 25.3 Å². The Morgan fingerprint density at radius 2 is 2.00 bits per heavy atom. The molecule has 0 spiro atoms. The summed E-state index contributed by atoms with van der Waals surface area (Å²) in [6, 6.07) is 4.21. The van der Waals surface area contributed by atoms with Gasteiger partial charge in [0.15, 0.2) is 0 Å². The first-order valence-electron chi connectivity index (χ1n) is 6.84. The summed E-state index contributed by atoms with van der Waals surface area (Å²) in [5.74, 6) is 0.371. The van der Waals surface area contributed by atoms with Crippen molar-refractivity contribution in [2.45, 2.75) is 37.6 Å². The van der Waals surface area contributed by atoms with Gasteiger partial charge in [-0.05, 0) is 44.9 Å². The van der Waals surface area contributed by atoms with E-state index >= 15 is 0 Å². The zero-order valence-corrected chi connectivity index (χ0v) is 13.2. The second kappa shape index (κ2) is 6.03. The molecule has 0 atom stereocenters. The molecule has 0 aliphatic heterocycles. The van der Waals surface area contributed by atoms with Gasteiger partial charge in [-0.25, -0.2) is 13.1 Å². The number of benzene rings is 1. The highest BCUT2D eigenvalue weighted by Crippen LogP contribution is 2.33. The van der Waals surface area contributed by atoms with Crippen molar-refractivity contribution in [3.05, 3.63) is 18.2 Å². The van der Waals surface area contributed by atoms with E-state index in [0.717, 1.165) is 12.8 Å². The fourth-order valence-corrected chi connectivity index (χ4v) is 3.19. The average Bonchev–Trinajstić information content (AvgIpc) is 3.21. The lowest BCUT2D eigenvalue weighted by Gasteiger charge is -2.14. The first-order chi connectivity index (χ1) is 9.83. The fourth-order valence-electron chi connectivity index (χ4n) is 1.91. The van der Waals surface area contributed by atoms with Crippen molar-refractivity contribution in [1.82, 2.24) is 4.72 Å². The van der Waals surface area contributed by atoms with Crippen LogP contribution in [0.3, 0.4) is 0 Å². The molecule has 1 aromatic carbocycles. The number of ether oxygens (including phenoxy) is 1. The minimum absolute atomic E-state index is 0.0313. The molecule has 2 N–H and O–H groups in total. The van der Waals surface area contributed by atoms with Crippen LogP contribution in [-0.2, 0) is 14.8 Å². The lowest BCUT2D eigenvalue weighted by atomic mass is 10.2. The Hall–Kier alpha value is -1.60. The van der Waals surface area contributed by atoms with E-state index in [-0.39, 0.29) is 22.8 Å². The highest BCUT2D eigenvalue weighted by atomic mass is 32.2. The van der Waals surface area contributed by atoms with Crippen LogP contribution in [0.5, 0.6) is 5.75 Å². The maximum Gasteiger partial charge on any atom is 0.240 e. The Morgan fingerprint density at radius 1 is 1.33 bits per heavy atom. The van der Waals surface area contributed by atoms with Crippen molar-refractivity contribution in [1.29, 1.82) is 0 Å². The summed E-state index contributed by atoms with van der Waals surface area (Å²) in [4.78, 5) is 11.9. The Morgan fingerprint density at radius 3 is 2.52 bits per heavy atom. The molecule has 2 rings (SSSR count). The van der Waals surface area contributed by atoms with Crippen molar-refractivity contribution >= 4 is 21.6 Å². The minimum atomic E-state index is -3.60. The largest absolute Gasteiger partial charge is 0.495 e. The molecule has 1 saturated carbocycles. The van der Waals surface area contributed by atoms with E-state index in [1.54, 1.807) is 13.8 Å². The Labute approximate surface area is 124 Å². The van der Waals surface area contributed by atoms with Crippen LogP contribution in [0.1, 0.15) is 26.7 Å². The third-order valence-corrected chi connectivity index (χ3v) is 4.73. The van der Waals surface area contributed by atoms with Gasteiger partial charge < -0.3 is 10.1 Å². The topological polar surface area (TPSA) is 84.5 Å². The van der Waals surface area contributed by atoms with E-state index in [1.807, 2.05) is 0 Å². The summed E-state index contributed by atoms with van der Waals surface area (Å²) in [6.45, 7) is 3.49. The molecule has 1 aromatic rings. The van der Waals surface area contributed by atoms with Crippen molar-refractivity contribution in [3.8, 4) is 5.75 Å². The number of amides is 1. The quantitative estimate of drug-likeness (QED) is 0.838. The maximum atomic E-state index is 12.2. The van der Waals surface area contributed by atoms with Gasteiger partial charge in [0.2, 0.25) is 15.9 Å². The molecular weight excluding hydrogens is 292 g/mol. The molecule has 0 aromatic heterocycles. The van der Waals surface area contributed by atoms with Crippen LogP contribution >= 0.6 is 0 Å². The SMILES string of the molecule is COc1ccc(S(=O)(=O)NC(C)C)cc1NC(=O)C1CC1. The van der Waals surface area contributed by atoms with E-state index in [4.69, 9.17) is 4.74 Å². The molecule has 0 unspecified atom stereocenters. The highest BCUT2D eigenvalue weighted by Gasteiger charge is 2.30. The zero-order chi connectivity index (χ0) is 15.6. The second-order valence-corrected chi connectivity index (χ2v) is 7.12. The summed E-state index contributed by atoms with van der Waals surface area (Å²) in [5.41, 5.74) is 0.376. The number of hydrogen-bond acceptors (Lipinski definition) is 4. The average molecular weight is 312 g/mol. The smallest absolute Gasteiger partial charge is 0.240 e. The van der Waals surface area contributed by atoms with Gasteiger partial charge in [0.05, 0.1) is 17.7 Å². The maximum absolute atomic E-state index is 12.2. The molecule has 6 nitrogen and oxygen atoms in total. The van der Waals surface area contributed by atoms with Crippen molar-refractivity contribution < 1.29 is 17.9 Å². The summed E-state index contributed by atoms with van der Waals surface area (Å²) in [7, 11) is -2.13. The second-order valence-electron chi connectivity index (χ2n) is 5.40. The number of nitrogens with one attached hydrogen (secondary N) is 2. The van der Waals surface area contributed by atoms with Crippen LogP contribution in [0.15, 0.2) is 23.1 Å². The summed E-state index contributed by atoms with van der Waals surface area (Å²) in [5, 5.41) is 2.73. The van der Waals surface area contributed by atoms with E-state index in [2.05, 4.69) is 10.0 Å². The van der Waals surface area contributed by atoms with Gasteiger partial charge in [-0.1, -0.05) is 0 Å². The summed E-state index contributed by atoms with van der Waals surface area (Å²) < 4.78 is 32.0. The number of methoxy groups -OCH3 is 1.